The third kappa shape index (κ3) is 2.83. The number of pyridine rings is 1. The first-order valence-corrected chi connectivity index (χ1v) is 8.83. The van der Waals surface area contributed by atoms with Crippen LogP contribution in [-0.2, 0) is 12.8 Å². The maximum absolute atomic E-state index is 12.0. The van der Waals surface area contributed by atoms with Gasteiger partial charge in [-0.25, -0.2) is 4.98 Å². The number of rotatable bonds is 4. The molecule has 0 unspecified atom stereocenters. The van der Waals surface area contributed by atoms with E-state index in [0.29, 0.717) is 4.88 Å². The summed E-state index contributed by atoms with van der Waals surface area (Å²) in [4.78, 5) is 21.3. The molecule has 5 heteroatoms. The van der Waals surface area contributed by atoms with Crippen LogP contribution < -0.4 is 5.32 Å². The lowest BCUT2D eigenvalue weighted by molar-refractivity contribution is 0.102. The van der Waals surface area contributed by atoms with E-state index >= 15 is 0 Å². The van der Waals surface area contributed by atoms with Gasteiger partial charge < -0.3 is 5.32 Å². The molecule has 1 aromatic carbocycles. The average Bonchev–Trinajstić information content (AvgIpc) is 3.22. The SMILES string of the molecule is CC(=O)c1sc(Nc2ccc3c(c2)CCC3)nc1-c1ccncc1. The Morgan fingerprint density at radius 2 is 1.92 bits per heavy atom. The maximum atomic E-state index is 12.0. The Labute approximate surface area is 144 Å². The molecule has 0 bridgehead atoms. The molecule has 0 spiro atoms. The van der Waals surface area contributed by atoms with Crippen LogP contribution in [0.3, 0.4) is 0 Å². The maximum Gasteiger partial charge on any atom is 0.188 e. The van der Waals surface area contributed by atoms with Gasteiger partial charge in [-0.3, -0.25) is 9.78 Å². The van der Waals surface area contributed by atoms with E-state index in [4.69, 9.17) is 0 Å². The Balaban J connectivity index is 1.68. The van der Waals surface area contributed by atoms with Gasteiger partial charge in [0.1, 0.15) is 0 Å². The van der Waals surface area contributed by atoms with Crippen molar-refractivity contribution in [2.75, 3.05) is 5.32 Å². The fourth-order valence-electron chi connectivity index (χ4n) is 3.09. The summed E-state index contributed by atoms with van der Waals surface area (Å²) in [5, 5.41) is 4.10. The van der Waals surface area contributed by atoms with Gasteiger partial charge in [0.25, 0.3) is 0 Å². The van der Waals surface area contributed by atoms with Crippen LogP contribution in [0.1, 0.15) is 34.1 Å². The van der Waals surface area contributed by atoms with Crippen molar-refractivity contribution in [2.24, 2.45) is 0 Å². The zero-order valence-corrected chi connectivity index (χ0v) is 14.2. The van der Waals surface area contributed by atoms with Crippen molar-refractivity contribution < 1.29 is 4.79 Å². The van der Waals surface area contributed by atoms with Gasteiger partial charge >= 0.3 is 0 Å². The van der Waals surface area contributed by atoms with E-state index in [1.165, 1.54) is 35.3 Å². The number of nitrogens with one attached hydrogen (secondary N) is 1. The van der Waals surface area contributed by atoms with Crippen LogP contribution in [0.2, 0.25) is 0 Å². The van der Waals surface area contributed by atoms with Gasteiger partial charge in [-0.15, -0.1) is 0 Å². The van der Waals surface area contributed by atoms with Gasteiger partial charge in [-0.1, -0.05) is 17.4 Å². The number of hydrogen-bond donors (Lipinski definition) is 1. The Kier molecular flexibility index (Phi) is 3.86. The zero-order valence-electron chi connectivity index (χ0n) is 13.4. The Hall–Kier alpha value is -2.53. The van der Waals surface area contributed by atoms with E-state index in [0.717, 1.165) is 28.5 Å². The minimum absolute atomic E-state index is 0.0290. The lowest BCUT2D eigenvalue weighted by Gasteiger charge is -2.05. The van der Waals surface area contributed by atoms with Gasteiger partial charge in [0.15, 0.2) is 10.9 Å². The minimum atomic E-state index is 0.0290. The minimum Gasteiger partial charge on any atom is -0.332 e. The van der Waals surface area contributed by atoms with E-state index in [1.54, 1.807) is 19.3 Å². The third-order valence-electron chi connectivity index (χ3n) is 4.25. The van der Waals surface area contributed by atoms with Crippen molar-refractivity contribution in [1.29, 1.82) is 0 Å². The molecule has 1 N–H and O–H groups in total. The summed E-state index contributed by atoms with van der Waals surface area (Å²) in [6.07, 6.45) is 6.98. The number of benzene rings is 1. The topological polar surface area (TPSA) is 54.9 Å². The molecule has 0 saturated carbocycles. The lowest BCUT2D eigenvalue weighted by Crippen LogP contribution is -1.92. The Morgan fingerprint density at radius 3 is 2.71 bits per heavy atom. The standard InChI is InChI=1S/C19H17N3OS/c1-12(23)18-17(14-7-9-20-10-8-14)22-19(24-18)21-16-6-5-13-3-2-4-15(13)11-16/h5-11H,2-4H2,1H3,(H,21,22). The number of aromatic nitrogens is 2. The lowest BCUT2D eigenvalue weighted by atomic mass is 10.1. The van der Waals surface area contributed by atoms with Crippen LogP contribution in [0.5, 0.6) is 0 Å². The van der Waals surface area contributed by atoms with Crippen LogP contribution in [0.25, 0.3) is 11.3 Å². The fourth-order valence-corrected chi connectivity index (χ4v) is 3.99. The molecule has 1 aliphatic rings. The fraction of sp³-hybridized carbons (Fsp3) is 0.211. The summed E-state index contributed by atoms with van der Waals surface area (Å²) in [5.74, 6) is 0.0290. The van der Waals surface area contributed by atoms with Crippen LogP contribution >= 0.6 is 11.3 Å². The largest absolute Gasteiger partial charge is 0.332 e. The summed E-state index contributed by atoms with van der Waals surface area (Å²) in [6.45, 7) is 1.58. The number of fused-ring (bicyclic) bond motifs is 1. The number of carbonyl (C=O) groups excluding carboxylic acids is 1. The Bertz CT molecular complexity index is 902. The molecule has 4 nitrogen and oxygen atoms in total. The quantitative estimate of drug-likeness (QED) is 0.706. The van der Waals surface area contributed by atoms with Crippen LogP contribution in [-0.4, -0.2) is 15.8 Å². The van der Waals surface area contributed by atoms with E-state index in [1.807, 2.05) is 12.1 Å². The molecule has 1 aliphatic carbocycles. The molecular weight excluding hydrogens is 318 g/mol. The predicted octanol–water partition coefficient (Wildman–Crippen LogP) is 4.64. The van der Waals surface area contributed by atoms with Crippen molar-refractivity contribution >= 4 is 27.9 Å². The first kappa shape index (κ1) is 15.0. The normalized spacial score (nSPS) is 12.9. The number of hydrogen-bond acceptors (Lipinski definition) is 5. The molecule has 24 heavy (non-hydrogen) atoms. The van der Waals surface area contributed by atoms with Crippen molar-refractivity contribution in [3.63, 3.8) is 0 Å². The number of Topliss-reactive ketones (excluding diaryl/α,β-unsaturated/α-hetero) is 1. The number of nitrogens with zero attached hydrogens (tertiary/aromatic N) is 2. The highest BCUT2D eigenvalue weighted by Gasteiger charge is 2.17. The van der Waals surface area contributed by atoms with E-state index in [2.05, 4.69) is 33.5 Å². The number of anilines is 2. The molecule has 0 aliphatic heterocycles. The zero-order chi connectivity index (χ0) is 16.5. The van der Waals surface area contributed by atoms with Gasteiger partial charge in [0, 0.05) is 30.6 Å². The Morgan fingerprint density at radius 1 is 1.12 bits per heavy atom. The molecule has 0 saturated heterocycles. The van der Waals surface area contributed by atoms with Gasteiger partial charge in [0.05, 0.1) is 10.6 Å². The van der Waals surface area contributed by atoms with E-state index in [-0.39, 0.29) is 5.78 Å². The molecule has 120 valence electrons. The van der Waals surface area contributed by atoms with Gasteiger partial charge in [0.2, 0.25) is 0 Å². The second-order valence-corrected chi connectivity index (χ2v) is 6.95. The number of ketones is 1. The summed E-state index contributed by atoms with van der Waals surface area (Å²) in [7, 11) is 0. The van der Waals surface area contributed by atoms with Crippen LogP contribution in [0.4, 0.5) is 10.8 Å². The summed E-state index contributed by atoms with van der Waals surface area (Å²) >= 11 is 1.40. The highest BCUT2D eigenvalue weighted by atomic mass is 32.1. The predicted molar refractivity (Wildman–Crippen MR) is 97.1 cm³/mol. The molecule has 3 aromatic rings. The number of carbonyl (C=O) groups is 1. The van der Waals surface area contributed by atoms with Crippen LogP contribution in [0, 0.1) is 0 Å². The van der Waals surface area contributed by atoms with Crippen molar-refractivity contribution in [1.82, 2.24) is 9.97 Å². The number of thiazole rings is 1. The number of aryl methyl sites for hydroxylation is 2. The molecule has 4 rings (SSSR count). The van der Waals surface area contributed by atoms with Gasteiger partial charge in [-0.05, 0) is 54.7 Å². The average molecular weight is 335 g/mol. The van der Waals surface area contributed by atoms with E-state index in [9.17, 15) is 4.79 Å². The molecule has 2 heterocycles. The van der Waals surface area contributed by atoms with Crippen molar-refractivity contribution in [3.8, 4) is 11.3 Å². The molecule has 0 fully saturated rings. The molecule has 0 atom stereocenters. The monoisotopic (exact) mass is 335 g/mol. The second kappa shape index (κ2) is 6.17. The first-order valence-electron chi connectivity index (χ1n) is 8.02. The molecule has 0 radical (unpaired) electrons. The summed E-state index contributed by atoms with van der Waals surface area (Å²) in [5.41, 5.74) is 5.52. The summed E-state index contributed by atoms with van der Waals surface area (Å²) in [6, 6.07) is 10.2. The smallest absolute Gasteiger partial charge is 0.188 e. The summed E-state index contributed by atoms with van der Waals surface area (Å²) < 4.78 is 0. The van der Waals surface area contributed by atoms with Crippen molar-refractivity contribution in [2.45, 2.75) is 26.2 Å². The molecule has 0 amide bonds. The highest BCUT2D eigenvalue weighted by molar-refractivity contribution is 7.18. The highest BCUT2D eigenvalue weighted by Crippen LogP contribution is 2.34. The first-order chi connectivity index (χ1) is 11.7. The van der Waals surface area contributed by atoms with Crippen molar-refractivity contribution in [3.05, 3.63) is 58.7 Å². The van der Waals surface area contributed by atoms with Crippen LogP contribution in [0.15, 0.2) is 42.7 Å². The molecule has 2 aromatic heterocycles. The van der Waals surface area contributed by atoms with E-state index < -0.39 is 0 Å². The molecular formula is C19H17N3OS. The second-order valence-electron chi connectivity index (χ2n) is 5.95. The van der Waals surface area contributed by atoms with Gasteiger partial charge in [-0.2, -0.15) is 0 Å². The third-order valence-corrected chi connectivity index (χ3v) is 5.32.